The molecular formula is C20H32O5. The molecule has 0 radical (unpaired) electrons. The number of carbonyl (C=O) groups is 2. The Bertz CT molecular complexity index is 469. The van der Waals surface area contributed by atoms with Gasteiger partial charge in [-0.15, -0.1) is 0 Å². The van der Waals surface area contributed by atoms with Crippen LogP contribution in [0.25, 0.3) is 0 Å². The standard InChI is InChI=1S/C20H32O5/c1-2-3-6-9-15(21)12-13-17-16(18(22)14-19(17)23)10-7-4-5-8-11-20(24)25/h4,7,12-13,15-18,21-22H,2-3,5-6,8-11,14H2,1H3,(H,24,25)/b7-4+,13-12+. The van der Waals surface area contributed by atoms with Crippen LogP contribution in [0.3, 0.4) is 0 Å². The van der Waals surface area contributed by atoms with Gasteiger partial charge in [0.05, 0.1) is 12.2 Å². The van der Waals surface area contributed by atoms with Gasteiger partial charge in [-0.3, -0.25) is 9.59 Å². The van der Waals surface area contributed by atoms with Crippen molar-refractivity contribution in [3.8, 4) is 0 Å². The van der Waals surface area contributed by atoms with E-state index in [-0.39, 0.29) is 30.5 Å². The first-order valence-electron chi connectivity index (χ1n) is 9.39. The SMILES string of the molecule is CCCCCC(O)/C=C/C1C(=O)CC(O)C1C/C=C/CCCC(=O)O. The van der Waals surface area contributed by atoms with Gasteiger partial charge in [0.2, 0.25) is 0 Å². The van der Waals surface area contributed by atoms with Gasteiger partial charge in [0.15, 0.2) is 0 Å². The second-order valence-electron chi connectivity index (χ2n) is 6.87. The number of aliphatic hydroxyl groups excluding tert-OH is 2. The van der Waals surface area contributed by atoms with Crippen LogP contribution < -0.4 is 0 Å². The number of carbonyl (C=O) groups excluding carboxylic acids is 1. The molecule has 1 fully saturated rings. The summed E-state index contributed by atoms with van der Waals surface area (Å²) >= 11 is 0. The van der Waals surface area contributed by atoms with Crippen LogP contribution in [0.15, 0.2) is 24.3 Å². The fourth-order valence-electron chi connectivity index (χ4n) is 3.22. The lowest BCUT2D eigenvalue weighted by atomic mass is 9.90. The summed E-state index contributed by atoms with van der Waals surface area (Å²) in [7, 11) is 0. The molecule has 3 N–H and O–H groups in total. The minimum absolute atomic E-state index is 0.0220. The number of hydrogen-bond donors (Lipinski definition) is 3. The van der Waals surface area contributed by atoms with Crippen molar-refractivity contribution < 1.29 is 24.9 Å². The predicted molar refractivity (Wildman–Crippen MR) is 97.1 cm³/mol. The van der Waals surface area contributed by atoms with Crippen LogP contribution in [-0.2, 0) is 9.59 Å². The molecule has 0 heterocycles. The van der Waals surface area contributed by atoms with Gasteiger partial charge in [0.25, 0.3) is 0 Å². The third kappa shape index (κ3) is 8.45. The van der Waals surface area contributed by atoms with Crippen molar-refractivity contribution in [2.24, 2.45) is 11.8 Å². The lowest BCUT2D eigenvalue weighted by Crippen LogP contribution is -2.19. The number of unbranched alkanes of at least 4 members (excludes halogenated alkanes) is 3. The van der Waals surface area contributed by atoms with Crippen LogP contribution in [0, 0.1) is 11.8 Å². The van der Waals surface area contributed by atoms with Crippen LogP contribution in [0.2, 0.25) is 0 Å². The molecule has 0 amide bonds. The molecule has 0 aromatic rings. The number of rotatable bonds is 12. The first-order chi connectivity index (χ1) is 12.0. The number of hydrogen-bond acceptors (Lipinski definition) is 4. The molecule has 4 unspecified atom stereocenters. The van der Waals surface area contributed by atoms with Crippen molar-refractivity contribution in [3.05, 3.63) is 24.3 Å². The zero-order valence-corrected chi connectivity index (χ0v) is 15.1. The van der Waals surface area contributed by atoms with Gasteiger partial charge in [0, 0.05) is 24.7 Å². The third-order valence-electron chi connectivity index (χ3n) is 4.72. The number of carboxylic acid groups (broad SMARTS) is 1. The highest BCUT2D eigenvalue weighted by Gasteiger charge is 2.39. The number of carboxylic acids is 1. The first kappa shape index (κ1) is 21.6. The van der Waals surface area contributed by atoms with Crippen LogP contribution in [0.4, 0.5) is 0 Å². The molecule has 4 atom stereocenters. The van der Waals surface area contributed by atoms with Crippen LogP contribution in [0.1, 0.15) is 64.7 Å². The summed E-state index contributed by atoms with van der Waals surface area (Å²) < 4.78 is 0. The molecule has 1 aliphatic rings. The Labute approximate surface area is 150 Å². The van der Waals surface area contributed by atoms with E-state index in [1.54, 1.807) is 12.2 Å². The van der Waals surface area contributed by atoms with Gasteiger partial charge >= 0.3 is 5.97 Å². The van der Waals surface area contributed by atoms with Gasteiger partial charge < -0.3 is 15.3 Å². The number of aliphatic hydroxyl groups is 2. The van der Waals surface area contributed by atoms with Gasteiger partial charge in [-0.05, 0) is 25.7 Å². The van der Waals surface area contributed by atoms with E-state index in [2.05, 4.69) is 6.92 Å². The van der Waals surface area contributed by atoms with Crippen molar-refractivity contribution >= 4 is 11.8 Å². The van der Waals surface area contributed by atoms with Gasteiger partial charge in [-0.1, -0.05) is 50.5 Å². The Kier molecular flexibility index (Phi) is 10.3. The van der Waals surface area contributed by atoms with E-state index < -0.39 is 18.2 Å². The summed E-state index contributed by atoms with van der Waals surface area (Å²) in [6.07, 6.45) is 12.1. The van der Waals surface area contributed by atoms with Gasteiger partial charge in [-0.25, -0.2) is 0 Å². The smallest absolute Gasteiger partial charge is 0.303 e. The van der Waals surface area contributed by atoms with E-state index >= 15 is 0 Å². The van der Waals surface area contributed by atoms with E-state index in [4.69, 9.17) is 5.11 Å². The number of ketones is 1. The minimum Gasteiger partial charge on any atom is -0.481 e. The molecule has 142 valence electrons. The summed E-state index contributed by atoms with van der Waals surface area (Å²) in [5.41, 5.74) is 0. The molecule has 5 heteroatoms. The summed E-state index contributed by atoms with van der Waals surface area (Å²) in [6.45, 7) is 2.11. The number of Topliss-reactive ketones (excluding diaryl/α,β-unsaturated/α-hetero) is 1. The molecule has 0 aromatic heterocycles. The predicted octanol–water partition coefficient (Wildman–Crippen LogP) is 3.25. The molecular weight excluding hydrogens is 320 g/mol. The molecule has 0 bridgehead atoms. The largest absolute Gasteiger partial charge is 0.481 e. The lowest BCUT2D eigenvalue weighted by Gasteiger charge is -2.17. The minimum atomic E-state index is -0.798. The normalized spacial score (nSPS) is 25.2. The maximum Gasteiger partial charge on any atom is 0.303 e. The van der Waals surface area contributed by atoms with Crippen molar-refractivity contribution in [3.63, 3.8) is 0 Å². The van der Waals surface area contributed by atoms with Gasteiger partial charge in [0.1, 0.15) is 5.78 Å². The summed E-state index contributed by atoms with van der Waals surface area (Å²) in [5.74, 6) is -1.29. The van der Waals surface area contributed by atoms with E-state index in [9.17, 15) is 19.8 Å². The quantitative estimate of drug-likeness (QED) is 0.370. The van der Waals surface area contributed by atoms with Crippen molar-refractivity contribution in [1.29, 1.82) is 0 Å². The molecule has 0 aromatic carbocycles. The maximum atomic E-state index is 12.1. The molecule has 0 saturated heterocycles. The Hall–Kier alpha value is -1.46. The summed E-state index contributed by atoms with van der Waals surface area (Å²) in [6, 6.07) is 0. The van der Waals surface area contributed by atoms with Crippen LogP contribution in [-0.4, -0.2) is 39.3 Å². The average Bonchev–Trinajstić information content (AvgIpc) is 2.82. The van der Waals surface area contributed by atoms with Crippen LogP contribution in [0.5, 0.6) is 0 Å². The second kappa shape index (κ2) is 12.0. The molecule has 25 heavy (non-hydrogen) atoms. The topological polar surface area (TPSA) is 94.8 Å². The van der Waals surface area contributed by atoms with E-state index in [0.717, 1.165) is 19.3 Å². The van der Waals surface area contributed by atoms with Crippen molar-refractivity contribution in [1.82, 2.24) is 0 Å². The van der Waals surface area contributed by atoms with E-state index in [1.165, 1.54) is 0 Å². The highest BCUT2D eigenvalue weighted by molar-refractivity contribution is 5.86. The molecule has 0 aliphatic heterocycles. The number of allylic oxidation sites excluding steroid dienone is 3. The average molecular weight is 352 g/mol. The Balaban J connectivity index is 2.48. The number of aliphatic carboxylic acids is 1. The Morgan fingerprint density at radius 1 is 1.28 bits per heavy atom. The Morgan fingerprint density at radius 2 is 2.04 bits per heavy atom. The Morgan fingerprint density at radius 3 is 2.72 bits per heavy atom. The fraction of sp³-hybridized carbons (Fsp3) is 0.700. The zero-order chi connectivity index (χ0) is 18.7. The summed E-state index contributed by atoms with van der Waals surface area (Å²) in [5, 5.41) is 28.7. The molecule has 1 rings (SSSR count). The van der Waals surface area contributed by atoms with Crippen molar-refractivity contribution in [2.75, 3.05) is 0 Å². The molecule has 1 aliphatic carbocycles. The van der Waals surface area contributed by atoms with E-state index in [1.807, 2.05) is 12.2 Å². The maximum absolute atomic E-state index is 12.1. The van der Waals surface area contributed by atoms with Crippen molar-refractivity contribution in [2.45, 2.75) is 76.9 Å². The highest BCUT2D eigenvalue weighted by atomic mass is 16.4. The highest BCUT2D eigenvalue weighted by Crippen LogP contribution is 2.33. The molecule has 1 saturated carbocycles. The first-order valence-corrected chi connectivity index (χ1v) is 9.39. The fourth-order valence-corrected chi connectivity index (χ4v) is 3.22. The summed E-state index contributed by atoms with van der Waals surface area (Å²) in [4.78, 5) is 22.5. The van der Waals surface area contributed by atoms with E-state index in [0.29, 0.717) is 25.7 Å². The zero-order valence-electron chi connectivity index (χ0n) is 15.1. The third-order valence-corrected chi connectivity index (χ3v) is 4.72. The lowest BCUT2D eigenvalue weighted by molar-refractivity contribution is -0.137. The molecule has 5 nitrogen and oxygen atoms in total. The molecule has 0 spiro atoms. The van der Waals surface area contributed by atoms with Gasteiger partial charge in [-0.2, -0.15) is 0 Å². The monoisotopic (exact) mass is 352 g/mol. The van der Waals surface area contributed by atoms with Crippen LogP contribution >= 0.6 is 0 Å². The second-order valence-corrected chi connectivity index (χ2v) is 6.87.